The van der Waals surface area contributed by atoms with Crippen molar-refractivity contribution in [3.8, 4) is 0 Å². The highest BCUT2D eigenvalue weighted by molar-refractivity contribution is 7.46. The molecule has 0 saturated carbocycles. The van der Waals surface area contributed by atoms with E-state index in [1.807, 2.05) is 0 Å². The van der Waals surface area contributed by atoms with Gasteiger partial charge in [0.15, 0.2) is 12.6 Å². The van der Waals surface area contributed by atoms with Crippen LogP contribution in [0.15, 0.2) is 12.2 Å². The molecule has 0 radical (unpaired) electrons. The fourth-order valence-corrected chi connectivity index (χ4v) is 12.5. The monoisotopic (exact) mass is 1300 g/mol. The Morgan fingerprint density at radius 1 is 0.477 bits per heavy atom. The maximum atomic E-state index is 14.1. The van der Waals surface area contributed by atoms with Crippen LogP contribution in [0.5, 0.6) is 0 Å². The van der Waals surface area contributed by atoms with Crippen LogP contribution >= 0.6 is 15.6 Å². The Hall–Kier alpha value is -1.75. The van der Waals surface area contributed by atoms with Crippen LogP contribution < -0.4 is 10.6 Å². The van der Waals surface area contributed by atoms with E-state index < -0.39 is 108 Å². The summed E-state index contributed by atoms with van der Waals surface area (Å²) in [7, 11) is -9.35. The predicted octanol–water partition coefficient (Wildman–Crippen LogP) is 13.0. The van der Waals surface area contributed by atoms with E-state index in [1.54, 1.807) is 0 Å². The zero-order valence-corrected chi connectivity index (χ0v) is 56.8. The SMILES string of the molecule is CCCCCC/C=C\CCCCCCCCCC(=O)N[C@H]1[C@H](OC[C@H]2O[C@H](OP(=O)(O)O)[C@H](NC(=O)CC(=O)CCCCCCCCCCC)[C@@H](OCCCCCCCCCC)[C@@H]2O)O[C@H](COC)[C@@H](OP(=O)(O)O)[C@@H]1OCCC(O)CCCCCCC. The van der Waals surface area contributed by atoms with Gasteiger partial charge in [0.05, 0.1) is 25.7 Å². The Bertz CT molecular complexity index is 1880. The summed E-state index contributed by atoms with van der Waals surface area (Å²) in [6, 6.07) is -2.89. The van der Waals surface area contributed by atoms with Gasteiger partial charge in [0.1, 0.15) is 54.5 Å². The third kappa shape index (κ3) is 40.4. The first-order chi connectivity index (χ1) is 42.4. The maximum absolute atomic E-state index is 14.1. The van der Waals surface area contributed by atoms with Crippen molar-refractivity contribution in [1.82, 2.24) is 10.6 Å². The lowest BCUT2D eigenvalue weighted by Gasteiger charge is -2.47. The zero-order chi connectivity index (χ0) is 64.7. The number of phosphoric ester groups is 2. The van der Waals surface area contributed by atoms with E-state index in [2.05, 4.69) is 50.5 Å². The van der Waals surface area contributed by atoms with Gasteiger partial charge in [-0.05, 0) is 57.8 Å². The number of amides is 2. The van der Waals surface area contributed by atoms with E-state index in [-0.39, 0.29) is 44.9 Å². The predicted molar refractivity (Wildman–Crippen MR) is 342 cm³/mol. The van der Waals surface area contributed by atoms with E-state index in [4.69, 9.17) is 37.5 Å². The smallest absolute Gasteiger partial charge is 0.393 e. The molecule has 0 aliphatic carbocycles. The molecule has 0 bridgehead atoms. The number of methoxy groups -OCH3 is 1. The van der Waals surface area contributed by atoms with Gasteiger partial charge in [0.2, 0.25) is 11.8 Å². The second kappa shape index (κ2) is 51.6. The van der Waals surface area contributed by atoms with Gasteiger partial charge in [-0.3, -0.25) is 23.4 Å². The number of phosphoric acid groups is 2. The Morgan fingerprint density at radius 3 is 1.45 bits per heavy atom. The van der Waals surface area contributed by atoms with E-state index in [0.29, 0.717) is 25.7 Å². The average molecular weight is 1300 g/mol. The molecule has 2 amide bonds. The molecule has 2 heterocycles. The fourth-order valence-electron chi connectivity index (χ4n) is 11.5. The first-order valence-corrected chi connectivity index (χ1v) is 37.7. The Morgan fingerprint density at radius 2 is 0.920 bits per heavy atom. The van der Waals surface area contributed by atoms with Crippen molar-refractivity contribution < 1.29 is 90.8 Å². The highest BCUT2D eigenvalue weighted by Crippen LogP contribution is 2.44. The number of allylic oxidation sites excluding steroid dienone is 2. The van der Waals surface area contributed by atoms with Gasteiger partial charge in [-0.25, -0.2) is 9.13 Å². The number of aliphatic hydroxyl groups is 2. The molecule has 2 saturated heterocycles. The molecule has 2 fully saturated rings. The molecule has 518 valence electrons. The summed E-state index contributed by atoms with van der Waals surface area (Å²) in [4.78, 5) is 81.9. The topological polar surface area (TPSA) is 305 Å². The number of aliphatic hydroxyl groups excluding tert-OH is 2. The van der Waals surface area contributed by atoms with Crippen LogP contribution in [0, 0.1) is 0 Å². The Kier molecular flexibility index (Phi) is 48.3. The Balaban J connectivity index is 2.43. The van der Waals surface area contributed by atoms with E-state index in [0.717, 1.165) is 154 Å². The van der Waals surface area contributed by atoms with Crippen molar-refractivity contribution in [3.63, 3.8) is 0 Å². The molecular weight excluding hydrogens is 1170 g/mol. The van der Waals surface area contributed by atoms with E-state index in [9.17, 15) is 53.3 Å². The minimum atomic E-state index is -5.40. The van der Waals surface area contributed by atoms with Crippen molar-refractivity contribution in [1.29, 1.82) is 0 Å². The number of Topliss-reactive ketones (excluding diaryl/α,β-unsaturated/α-hetero) is 1. The lowest BCUT2D eigenvalue weighted by molar-refractivity contribution is -0.301. The van der Waals surface area contributed by atoms with Crippen molar-refractivity contribution in [2.45, 2.75) is 352 Å². The van der Waals surface area contributed by atoms with Gasteiger partial charge < -0.3 is 68.8 Å². The van der Waals surface area contributed by atoms with Crippen LogP contribution in [-0.2, 0) is 61.0 Å². The minimum Gasteiger partial charge on any atom is -0.393 e. The van der Waals surface area contributed by atoms with Gasteiger partial charge in [-0.1, -0.05) is 220 Å². The molecule has 21 nitrogen and oxygen atoms in total. The second-order valence-corrected chi connectivity index (χ2v) is 27.0. The van der Waals surface area contributed by atoms with Crippen LogP contribution in [0.25, 0.3) is 0 Å². The van der Waals surface area contributed by atoms with Crippen molar-refractivity contribution in [2.24, 2.45) is 0 Å². The first kappa shape index (κ1) is 82.3. The van der Waals surface area contributed by atoms with Crippen LogP contribution in [0.1, 0.15) is 285 Å². The summed E-state index contributed by atoms with van der Waals surface area (Å²) in [5.74, 6) is -1.56. The van der Waals surface area contributed by atoms with E-state index >= 15 is 0 Å². The van der Waals surface area contributed by atoms with Gasteiger partial charge in [0, 0.05) is 33.2 Å². The quantitative estimate of drug-likeness (QED) is 0.0121. The number of rotatable bonds is 58. The van der Waals surface area contributed by atoms with Gasteiger partial charge >= 0.3 is 15.6 Å². The molecule has 2 aliphatic heterocycles. The van der Waals surface area contributed by atoms with Crippen LogP contribution in [0.4, 0.5) is 0 Å². The van der Waals surface area contributed by atoms with Crippen molar-refractivity contribution >= 4 is 33.2 Å². The van der Waals surface area contributed by atoms with Gasteiger partial charge in [-0.2, -0.15) is 0 Å². The summed E-state index contributed by atoms with van der Waals surface area (Å²) in [6.45, 7) is 7.68. The minimum absolute atomic E-state index is 0.0695. The van der Waals surface area contributed by atoms with Gasteiger partial charge in [-0.15, -0.1) is 0 Å². The van der Waals surface area contributed by atoms with Crippen molar-refractivity contribution in [2.75, 3.05) is 33.5 Å². The number of unbranched alkanes of at least 4 members (excludes halogenated alkanes) is 30. The number of hydrogen-bond acceptors (Lipinski definition) is 15. The number of ether oxygens (including phenoxy) is 6. The summed E-state index contributed by atoms with van der Waals surface area (Å²) in [5.41, 5.74) is 0. The first-order valence-electron chi connectivity index (χ1n) is 34.6. The molecule has 1 unspecified atom stereocenters. The van der Waals surface area contributed by atoms with Crippen molar-refractivity contribution in [3.05, 3.63) is 12.2 Å². The molecule has 88 heavy (non-hydrogen) atoms. The molecule has 11 atom stereocenters. The number of carbonyl (C=O) groups is 3. The molecule has 23 heteroatoms. The number of nitrogens with one attached hydrogen (secondary N) is 2. The lowest BCUT2D eigenvalue weighted by atomic mass is 9.95. The molecule has 0 aromatic carbocycles. The molecule has 0 aromatic rings. The highest BCUT2D eigenvalue weighted by atomic mass is 31.2. The molecule has 8 N–H and O–H groups in total. The summed E-state index contributed by atoms with van der Waals surface area (Å²) >= 11 is 0. The van der Waals surface area contributed by atoms with Crippen LogP contribution in [-0.4, -0.2) is 148 Å². The molecule has 2 aliphatic rings. The normalized spacial score (nSPS) is 23.0. The average Bonchev–Trinajstić information content (AvgIpc) is 2.12. The van der Waals surface area contributed by atoms with Crippen LogP contribution in [0.2, 0.25) is 0 Å². The maximum Gasteiger partial charge on any atom is 0.472 e. The summed E-state index contributed by atoms with van der Waals surface area (Å²) in [5, 5.41) is 28.8. The largest absolute Gasteiger partial charge is 0.472 e. The molecular formula is C65H124N2O19P2. The number of ketones is 1. The summed E-state index contributed by atoms with van der Waals surface area (Å²) < 4.78 is 73.0. The highest BCUT2D eigenvalue weighted by Gasteiger charge is 2.53. The van der Waals surface area contributed by atoms with Gasteiger partial charge in [0.25, 0.3) is 0 Å². The molecule has 2 rings (SSSR count). The number of hydrogen-bond donors (Lipinski definition) is 8. The summed E-state index contributed by atoms with van der Waals surface area (Å²) in [6.07, 6.45) is 27.7. The molecule has 0 spiro atoms. The van der Waals surface area contributed by atoms with Crippen LogP contribution in [0.3, 0.4) is 0 Å². The number of carbonyl (C=O) groups excluding carboxylic acids is 3. The molecule has 0 aromatic heterocycles. The fraction of sp³-hybridized carbons (Fsp3) is 0.923. The second-order valence-electron chi connectivity index (χ2n) is 24.6. The standard InChI is InChI=1S/C65H124N2O19P2/c1-6-10-14-18-21-24-25-26-27-28-29-31-33-37-41-45-56(70)66-59-63(81-48-46-52(68)43-39-35-17-13-9-4)61(85-87(73,74)75)55(50-79-5)84-64(59)82-51-54-60(72)62(80-47-42-38-34-23-20-16-12-8-3)58(65(83-54)86-88(76,77)78)67-57(71)49-53(69)44-40-36-32-30-22-19-15-11-7-2/h24-25,52,54-55,58-65,68,72H,6-23,26-51H2,1-5H3,(H,66,70)(H,67,71)(H2,73,74,75)(H2,76,77,78)/b25-24-/t52?,54-,55-,58-,59-,60-,61-,62-,63-,64-,65-/m1/s1. The Labute approximate surface area is 530 Å². The zero-order valence-electron chi connectivity index (χ0n) is 55.0. The third-order valence-corrected chi connectivity index (χ3v) is 17.5. The van der Waals surface area contributed by atoms with E-state index in [1.165, 1.54) is 58.5 Å². The lowest BCUT2D eigenvalue weighted by Crippen LogP contribution is -2.67. The third-order valence-electron chi connectivity index (χ3n) is 16.5.